The van der Waals surface area contributed by atoms with Crippen molar-refractivity contribution in [3.8, 4) is 22.4 Å². The van der Waals surface area contributed by atoms with Gasteiger partial charge in [-0.2, -0.15) is 15.3 Å². The van der Waals surface area contributed by atoms with E-state index in [1.54, 1.807) is 17.1 Å². The molecule has 2 N–H and O–H groups in total. The number of nitrogens with zero attached hydrogens (tertiary/aromatic N) is 7. The summed E-state index contributed by atoms with van der Waals surface area (Å²) in [5, 5.41) is 32.0. The van der Waals surface area contributed by atoms with Crippen LogP contribution < -0.4 is 0 Å². The highest BCUT2D eigenvalue weighted by molar-refractivity contribution is 5.79. The van der Waals surface area contributed by atoms with Crippen molar-refractivity contribution in [2.75, 3.05) is 6.61 Å². The number of aromatic nitrogens is 7. The van der Waals surface area contributed by atoms with E-state index >= 15 is 0 Å². The Labute approximate surface area is 180 Å². The molecule has 31 heavy (non-hydrogen) atoms. The van der Waals surface area contributed by atoms with Crippen molar-refractivity contribution in [3.05, 3.63) is 43.4 Å². The molecule has 1 aliphatic rings. The third-order valence-corrected chi connectivity index (χ3v) is 6.00. The van der Waals surface area contributed by atoms with E-state index in [0.717, 1.165) is 40.2 Å². The van der Waals surface area contributed by atoms with Gasteiger partial charge in [-0.15, -0.1) is 0 Å². The van der Waals surface area contributed by atoms with E-state index in [2.05, 4.69) is 38.1 Å². The smallest absolute Gasteiger partial charge is 0.0966 e. The average Bonchev–Trinajstić information content (AvgIpc) is 3.17. The third kappa shape index (κ3) is 4.11. The molecular weight excluding hydrogens is 394 g/mol. The summed E-state index contributed by atoms with van der Waals surface area (Å²) < 4.78 is 5.52. The Kier molecular flexibility index (Phi) is 5.29. The van der Waals surface area contributed by atoms with Crippen LogP contribution in [0.4, 0.5) is 0 Å². The van der Waals surface area contributed by atoms with E-state index in [4.69, 9.17) is 5.11 Å². The zero-order valence-corrected chi connectivity index (χ0v) is 17.5. The van der Waals surface area contributed by atoms with Crippen LogP contribution in [-0.4, -0.2) is 57.1 Å². The summed E-state index contributed by atoms with van der Waals surface area (Å²) in [4.78, 5) is 4.60. The standard InChI is InChI=1S/C22H27N7O2/c1-2-18(5-15-3-4-15)28-11-16(6-25-28)20-8-26-29-13-21(23-9-22(20)29)17-7-24-27(10-17)12-19(31)14-30/h6-11,13,15,18-19,30-31H,2-5,12,14H2,1H3/t18?,19-/m1/s1. The molecule has 0 saturated heterocycles. The fourth-order valence-corrected chi connectivity index (χ4v) is 4.00. The quantitative estimate of drug-likeness (QED) is 0.430. The maximum atomic E-state index is 9.59. The number of rotatable bonds is 9. The zero-order valence-electron chi connectivity index (χ0n) is 17.5. The fourth-order valence-electron chi connectivity index (χ4n) is 4.00. The fraction of sp³-hybridized carbons (Fsp3) is 0.455. The molecule has 9 heteroatoms. The number of aliphatic hydroxyl groups is 2. The first-order valence-corrected chi connectivity index (χ1v) is 10.8. The summed E-state index contributed by atoms with van der Waals surface area (Å²) in [6.07, 6.45) is 17.2. The number of aliphatic hydroxyl groups excluding tert-OH is 2. The first-order valence-electron chi connectivity index (χ1n) is 10.8. The van der Waals surface area contributed by atoms with Crippen LogP contribution in [0.1, 0.15) is 38.6 Å². The van der Waals surface area contributed by atoms with Crippen molar-refractivity contribution in [3.63, 3.8) is 0 Å². The Bertz CT molecular complexity index is 1170. The molecule has 4 aromatic rings. The Balaban J connectivity index is 1.39. The van der Waals surface area contributed by atoms with Crippen LogP contribution in [0.5, 0.6) is 0 Å². The lowest BCUT2D eigenvalue weighted by atomic mass is 10.1. The minimum Gasteiger partial charge on any atom is -0.394 e. The van der Waals surface area contributed by atoms with Gasteiger partial charge in [-0.05, 0) is 18.8 Å². The molecule has 9 nitrogen and oxygen atoms in total. The van der Waals surface area contributed by atoms with Crippen LogP contribution in [-0.2, 0) is 6.54 Å². The average molecular weight is 422 g/mol. The Morgan fingerprint density at radius 1 is 1.03 bits per heavy atom. The molecule has 162 valence electrons. The molecule has 1 unspecified atom stereocenters. The molecule has 0 amide bonds. The predicted octanol–water partition coefficient (Wildman–Crippen LogP) is 2.56. The van der Waals surface area contributed by atoms with Gasteiger partial charge in [0.2, 0.25) is 0 Å². The maximum Gasteiger partial charge on any atom is 0.0966 e. The lowest BCUT2D eigenvalue weighted by molar-refractivity contribution is 0.0783. The van der Waals surface area contributed by atoms with Gasteiger partial charge < -0.3 is 10.2 Å². The highest BCUT2D eigenvalue weighted by Gasteiger charge is 2.26. The normalized spacial score (nSPS) is 16.1. The van der Waals surface area contributed by atoms with Gasteiger partial charge in [0, 0.05) is 29.1 Å². The molecule has 4 heterocycles. The van der Waals surface area contributed by atoms with Gasteiger partial charge in [-0.25, -0.2) is 4.52 Å². The first kappa shape index (κ1) is 19.9. The maximum absolute atomic E-state index is 9.59. The topological polar surface area (TPSA) is 106 Å². The van der Waals surface area contributed by atoms with Crippen molar-refractivity contribution in [1.29, 1.82) is 0 Å². The summed E-state index contributed by atoms with van der Waals surface area (Å²) in [6.45, 7) is 2.15. The van der Waals surface area contributed by atoms with E-state index in [1.807, 2.05) is 29.3 Å². The lowest BCUT2D eigenvalue weighted by Crippen LogP contribution is -2.19. The van der Waals surface area contributed by atoms with E-state index in [1.165, 1.54) is 19.3 Å². The highest BCUT2D eigenvalue weighted by atomic mass is 16.3. The van der Waals surface area contributed by atoms with Crippen LogP contribution in [0.25, 0.3) is 27.9 Å². The minimum absolute atomic E-state index is 0.230. The van der Waals surface area contributed by atoms with Gasteiger partial charge in [-0.1, -0.05) is 19.8 Å². The summed E-state index contributed by atoms with van der Waals surface area (Å²) in [5.41, 5.74) is 4.53. The minimum atomic E-state index is -0.839. The molecule has 0 aromatic carbocycles. The SMILES string of the molecule is CCC(CC1CC1)n1cc(-c2cnn3cc(-c4cnn(C[C@@H](O)CO)c4)ncc23)cn1. The summed E-state index contributed by atoms with van der Waals surface area (Å²) in [7, 11) is 0. The van der Waals surface area contributed by atoms with E-state index in [9.17, 15) is 5.11 Å². The number of hydrogen-bond donors (Lipinski definition) is 2. The van der Waals surface area contributed by atoms with Gasteiger partial charge in [0.05, 0.1) is 67.5 Å². The molecule has 1 saturated carbocycles. The van der Waals surface area contributed by atoms with E-state index in [-0.39, 0.29) is 13.2 Å². The van der Waals surface area contributed by atoms with Crippen molar-refractivity contribution >= 4 is 5.52 Å². The van der Waals surface area contributed by atoms with Crippen molar-refractivity contribution in [1.82, 2.24) is 34.2 Å². The van der Waals surface area contributed by atoms with Crippen LogP contribution in [0.2, 0.25) is 0 Å². The Hall–Kier alpha value is -3.04. The molecule has 0 aliphatic heterocycles. The lowest BCUT2D eigenvalue weighted by Gasteiger charge is -2.14. The Morgan fingerprint density at radius 2 is 1.87 bits per heavy atom. The monoisotopic (exact) mass is 421 g/mol. The van der Waals surface area contributed by atoms with Gasteiger partial charge in [0.25, 0.3) is 0 Å². The molecule has 1 aliphatic carbocycles. The molecule has 5 rings (SSSR count). The number of hydrogen-bond acceptors (Lipinski definition) is 6. The zero-order chi connectivity index (χ0) is 21.4. The first-order chi connectivity index (χ1) is 15.1. The van der Waals surface area contributed by atoms with Crippen molar-refractivity contribution in [2.24, 2.45) is 5.92 Å². The molecule has 0 bridgehead atoms. The van der Waals surface area contributed by atoms with Crippen LogP contribution in [0.3, 0.4) is 0 Å². The van der Waals surface area contributed by atoms with Gasteiger partial charge in [0.15, 0.2) is 0 Å². The second-order valence-electron chi connectivity index (χ2n) is 8.40. The predicted molar refractivity (Wildman–Crippen MR) is 115 cm³/mol. The van der Waals surface area contributed by atoms with Gasteiger partial charge >= 0.3 is 0 Å². The molecule has 4 aromatic heterocycles. The van der Waals surface area contributed by atoms with Crippen molar-refractivity contribution < 1.29 is 10.2 Å². The van der Waals surface area contributed by atoms with E-state index in [0.29, 0.717) is 6.04 Å². The van der Waals surface area contributed by atoms with Crippen LogP contribution in [0, 0.1) is 5.92 Å². The molecule has 0 spiro atoms. The molecular formula is C22H27N7O2. The molecule has 2 atom stereocenters. The highest BCUT2D eigenvalue weighted by Crippen LogP contribution is 2.38. The van der Waals surface area contributed by atoms with Crippen molar-refractivity contribution in [2.45, 2.75) is 51.3 Å². The summed E-state index contributed by atoms with van der Waals surface area (Å²) in [6, 6.07) is 0.453. The van der Waals surface area contributed by atoms with E-state index < -0.39 is 6.10 Å². The number of fused-ring (bicyclic) bond motifs is 1. The van der Waals surface area contributed by atoms with Crippen LogP contribution in [0.15, 0.2) is 43.4 Å². The summed E-state index contributed by atoms with van der Waals surface area (Å²) >= 11 is 0. The second-order valence-corrected chi connectivity index (χ2v) is 8.40. The third-order valence-electron chi connectivity index (χ3n) is 6.00. The second kappa shape index (κ2) is 8.24. The molecule has 0 radical (unpaired) electrons. The summed E-state index contributed by atoms with van der Waals surface area (Å²) in [5.74, 6) is 0.869. The van der Waals surface area contributed by atoms with Crippen LogP contribution >= 0.6 is 0 Å². The molecule has 1 fully saturated rings. The largest absolute Gasteiger partial charge is 0.394 e. The Morgan fingerprint density at radius 3 is 2.65 bits per heavy atom. The van der Waals surface area contributed by atoms with Gasteiger partial charge in [-0.3, -0.25) is 14.3 Å². The van der Waals surface area contributed by atoms with Gasteiger partial charge in [0.1, 0.15) is 0 Å².